The Morgan fingerprint density at radius 2 is 1.72 bits per heavy atom. The van der Waals surface area contributed by atoms with Gasteiger partial charge in [0.15, 0.2) is 0 Å². The van der Waals surface area contributed by atoms with Crippen molar-refractivity contribution in [1.29, 1.82) is 0 Å². The number of aromatic nitrogens is 1. The third kappa shape index (κ3) is 1.98. The van der Waals surface area contributed by atoms with E-state index in [4.69, 9.17) is 11.6 Å². The second-order valence-electron chi connectivity index (χ2n) is 4.38. The lowest BCUT2D eigenvalue weighted by Gasteiger charge is -2.08. The van der Waals surface area contributed by atoms with Gasteiger partial charge in [-0.2, -0.15) is 0 Å². The van der Waals surface area contributed by atoms with Crippen molar-refractivity contribution in [1.82, 2.24) is 4.98 Å². The number of fused-ring (bicyclic) bond motifs is 1. The predicted molar refractivity (Wildman–Crippen MR) is 76.9 cm³/mol. The molecule has 0 aliphatic carbocycles. The minimum atomic E-state index is 0.534. The molecule has 0 saturated carbocycles. The van der Waals surface area contributed by atoms with Crippen LogP contribution in [0.2, 0.25) is 5.15 Å². The summed E-state index contributed by atoms with van der Waals surface area (Å²) in [5, 5.41) is 1.67. The van der Waals surface area contributed by atoms with Gasteiger partial charge in [0, 0.05) is 5.39 Å². The number of hydrogen-bond donors (Lipinski definition) is 0. The van der Waals surface area contributed by atoms with Crippen LogP contribution in [0.15, 0.2) is 54.6 Å². The summed E-state index contributed by atoms with van der Waals surface area (Å²) >= 11 is 6.11. The van der Waals surface area contributed by atoms with Gasteiger partial charge in [-0.3, -0.25) is 0 Å². The van der Waals surface area contributed by atoms with E-state index in [1.165, 1.54) is 5.56 Å². The summed E-state index contributed by atoms with van der Waals surface area (Å²) in [6, 6.07) is 18.4. The van der Waals surface area contributed by atoms with Crippen LogP contribution >= 0.6 is 11.6 Å². The quantitative estimate of drug-likeness (QED) is 0.564. The van der Waals surface area contributed by atoms with Gasteiger partial charge in [0.2, 0.25) is 0 Å². The summed E-state index contributed by atoms with van der Waals surface area (Å²) in [5.74, 6) is 0. The van der Waals surface area contributed by atoms with Crippen molar-refractivity contribution in [2.24, 2.45) is 0 Å². The van der Waals surface area contributed by atoms with Crippen LogP contribution in [0, 0.1) is 6.92 Å². The highest BCUT2D eigenvalue weighted by atomic mass is 35.5. The minimum Gasteiger partial charge on any atom is -0.236 e. The topological polar surface area (TPSA) is 12.9 Å². The van der Waals surface area contributed by atoms with Gasteiger partial charge >= 0.3 is 0 Å². The number of nitrogens with zero attached hydrogens (tertiary/aromatic N) is 1. The minimum absolute atomic E-state index is 0.534. The summed E-state index contributed by atoms with van der Waals surface area (Å²) in [4.78, 5) is 4.39. The Hall–Kier alpha value is -1.86. The molecule has 0 atom stereocenters. The average Bonchev–Trinajstić information content (AvgIpc) is 2.38. The molecule has 2 heteroatoms. The molecular formula is C16H12ClN. The van der Waals surface area contributed by atoms with Crippen LogP contribution in [0.25, 0.3) is 22.0 Å². The number of hydrogen-bond acceptors (Lipinski definition) is 1. The fourth-order valence-electron chi connectivity index (χ4n) is 2.16. The van der Waals surface area contributed by atoms with Crippen LogP contribution in [0.3, 0.4) is 0 Å². The molecule has 0 bridgehead atoms. The number of aryl methyl sites for hydroxylation is 1. The van der Waals surface area contributed by atoms with Gasteiger partial charge in [-0.1, -0.05) is 54.1 Å². The Kier molecular flexibility index (Phi) is 2.77. The van der Waals surface area contributed by atoms with E-state index in [1.54, 1.807) is 0 Å². The lowest BCUT2D eigenvalue weighted by molar-refractivity contribution is 1.38. The highest BCUT2D eigenvalue weighted by molar-refractivity contribution is 6.30. The van der Waals surface area contributed by atoms with Crippen molar-refractivity contribution >= 4 is 22.5 Å². The van der Waals surface area contributed by atoms with Gasteiger partial charge in [0.25, 0.3) is 0 Å². The molecule has 18 heavy (non-hydrogen) atoms. The normalized spacial score (nSPS) is 10.8. The van der Waals surface area contributed by atoms with Crippen LogP contribution in [-0.2, 0) is 0 Å². The molecule has 1 heterocycles. The van der Waals surface area contributed by atoms with Crippen molar-refractivity contribution in [2.45, 2.75) is 6.92 Å². The Balaban J connectivity index is 2.35. The Bertz CT molecular complexity index is 700. The maximum Gasteiger partial charge on any atom is 0.130 e. The maximum absolute atomic E-state index is 6.11. The summed E-state index contributed by atoms with van der Waals surface area (Å²) in [7, 11) is 0. The first-order chi connectivity index (χ1) is 8.74. The second kappa shape index (κ2) is 4.43. The van der Waals surface area contributed by atoms with E-state index in [0.29, 0.717) is 5.15 Å². The fourth-order valence-corrected chi connectivity index (χ4v) is 2.36. The van der Waals surface area contributed by atoms with E-state index in [9.17, 15) is 0 Å². The molecule has 0 N–H and O–H groups in total. The molecule has 2 aromatic carbocycles. The van der Waals surface area contributed by atoms with E-state index in [0.717, 1.165) is 22.0 Å². The van der Waals surface area contributed by atoms with Gasteiger partial charge in [-0.05, 0) is 35.7 Å². The van der Waals surface area contributed by atoms with Crippen LogP contribution in [0.4, 0.5) is 0 Å². The highest BCUT2D eigenvalue weighted by Gasteiger charge is 2.06. The van der Waals surface area contributed by atoms with Gasteiger partial charge in [-0.25, -0.2) is 4.98 Å². The SMILES string of the molecule is Cc1ccc2c(-c3ccccc3)cc(Cl)nc2c1. The van der Waals surface area contributed by atoms with Crippen LogP contribution in [-0.4, -0.2) is 4.98 Å². The molecule has 0 saturated heterocycles. The van der Waals surface area contributed by atoms with Gasteiger partial charge in [0.1, 0.15) is 5.15 Å². The first-order valence-corrected chi connectivity index (χ1v) is 6.24. The van der Waals surface area contributed by atoms with Crippen LogP contribution < -0.4 is 0 Å². The molecule has 0 aliphatic heterocycles. The number of halogens is 1. The van der Waals surface area contributed by atoms with Crippen molar-refractivity contribution in [3.05, 3.63) is 65.3 Å². The Morgan fingerprint density at radius 1 is 0.944 bits per heavy atom. The monoisotopic (exact) mass is 253 g/mol. The Morgan fingerprint density at radius 3 is 2.50 bits per heavy atom. The lowest BCUT2D eigenvalue weighted by Crippen LogP contribution is -1.86. The smallest absolute Gasteiger partial charge is 0.130 e. The van der Waals surface area contributed by atoms with E-state index < -0.39 is 0 Å². The van der Waals surface area contributed by atoms with Crippen LogP contribution in [0.5, 0.6) is 0 Å². The number of pyridine rings is 1. The number of rotatable bonds is 1. The van der Waals surface area contributed by atoms with E-state index >= 15 is 0 Å². The zero-order chi connectivity index (χ0) is 12.5. The molecule has 3 aromatic rings. The third-order valence-corrected chi connectivity index (χ3v) is 3.21. The summed E-state index contributed by atoms with van der Waals surface area (Å²) in [6.07, 6.45) is 0. The van der Waals surface area contributed by atoms with Gasteiger partial charge in [-0.15, -0.1) is 0 Å². The second-order valence-corrected chi connectivity index (χ2v) is 4.77. The molecular weight excluding hydrogens is 242 g/mol. The van der Waals surface area contributed by atoms with E-state index in [2.05, 4.69) is 42.2 Å². The molecule has 0 spiro atoms. The number of benzene rings is 2. The molecule has 0 aliphatic rings. The summed E-state index contributed by atoms with van der Waals surface area (Å²) in [5.41, 5.74) is 4.43. The fraction of sp³-hybridized carbons (Fsp3) is 0.0625. The lowest BCUT2D eigenvalue weighted by atomic mass is 10.0. The molecule has 0 fully saturated rings. The zero-order valence-electron chi connectivity index (χ0n) is 10.0. The molecule has 0 unspecified atom stereocenters. The standard InChI is InChI=1S/C16H12ClN/c1-11-7-8-13-14(12-5-3-2-4-6-12)10-16(17)18-15(13)9-11/h2-10H,1H3. The van der Waals surface area contributed by atoms with Crippen molar-refractivity contribution < 1.29 is 0 Å². The molecule has 1 nitrogen and oxygen atoms in total. The highest BCUT2D eigenvalue weighted by Crippen LogP contribution is 2.30. The summed E-state index contributed by atoms with van der Waals surface area (Å²) in [6.45, 7) is 2.06. The maximum atomic E-state index is 6.11. The molecule has 0 amide bonds. The Labute approximate surface area is 111 Å². The van der Waals surface area contributed by atoms with Crippen molar-refractivity contribution in [3.63, 3.8) is 0 Å². The molecule has 0 radical (unpaired) electrons. The zero-order valence-corrected chi connectivity index (χ0v) is 10.8. The van der Waals surface area contributed by atoms with E-state index in [-0.39, 0.29) is 0 Å². The largest absolute Gasteiger partial charge is 0.236 e. The molecule has 1 aromatic heterocycles. The summed E-state index contributed by atoms with van der Waals surface area (Å²) < 4.78 is 0. The first kappa shape index (κ1) is 11.2. The van der Waals surface area contributed by atoms with Gasteiger partial charge in [0.05, 0.1) is 5.52 Å². The van der Waals surface area contributed by atoms with Crippen molar-refractivity contribution in [2.75, 3.05) is 0 Å². The average molecular weight is 254 g/mol. The molecule has 88 valence electrons. The molecule has 3 rings (SSSR count). The van der Waals surface area contributed by atoms with E-state index in [1.807, 2.05) is 24.3 Å². The van der Waals surface area contributed by atoms with Crippen LogP contribution in [0.1, 0.15) is 5.56 Å². The van der Waals surface area contributed by atoms with Crippen molar-refractivity contribution in [3.8, 4) is 11.1 Å². The predicted octanol–water partition coefficient (Wildman–Crippen LogP) is 4.86. The van der Waals surface area contributed by atoms with Gasteiger partial charge < -0.3 is 0 Å². The third-order valence-electron chi connectivity index (χ3n) is 3.02. The first-order valence-electron chi connectivity index (χ1n) is 5.86.